The maximum atomic E-state index is 13.8. The zero-order chi connectivity index (χ0) is 22.3. The van der Waals surface area contributed by atoms with Crippen molar-refractivity contribution in [1.29, 1.82) is 0 Å². The Labute approximate surface area is 179 Å². The molecule has 0 bridgehead atoms. The van der Waals surface area contributed by atoms with Crippen LogP contribution in [0.4, 0.5) is 20.3 Å². The van der Waals surface area contributed by atoms with E-state index < -0.39 is 29.2 Å². The van der Waals surface area contributed by atoms with Gasteiger partial charge in [-0.2, -0.15) is 5.10 Å². The lowest BCUT2D eigenvalue weighted by molar-refractivity contribution is -0.124. The molecule has 11 heteroatoms. The van der Waals surface area contributed by atoms with Gasteiger partial charge in [0.1, 0.15) is 29.0 Å². The molecule has 0 saturated heterocycles. The quantitative estimate of drug-likeness (QED) is 0.444. The minimum Gasteiger partial charge on any atom is -0.382 e. The topological polar surface area (TPSA) is 119 Å². The van der Waals surface area contributed by atoms with Crippen LogP contribution in [0.1, 0.15) is 17.4 Å². The summed E-state index contributed by atoms with van der Waals surface area (Å²) in [5.41, 5.74) is 7.85. The number of anilines is 2. The Morgan fingerprint density at radius 3 is 2.74 bits per heavy atom. The molecule has 2 heterocycles. The van der Waals surface area contributed by atoms with Crippen LogP contribution >= 0.6 is 11.6 Å². The van der Waals surface area contributed by atoms with Crippen molar-refractivity contribution in [2.45, 2.75) is 13.0 Å². The summed E-state index contributed by atoms with van der Waals surface area (Å²) in [4.78, 5) is 20.5. The summed E-state index contributed by atoms with van der Waals surface area (Å²) in [6, 6.07) is 6.99. The highest BCUT2D eigenvalue weighted by Crippen LogP contribution is 2.30. The molecule has 0 fully saturated rings. The van der Waals surface area contributed by atoms with E-state index in [4.69, 9.17) is 17.3 Å². The van der Waals surface area contributed by atoms with Gasteiger partial charge in [-0.05, 0) is 43.3 Å². The number of nitrogens with two attached hydrogens (primary N) is 1. The van der Waals surface area contributed by atoms with Crippen LogP contribution < -0.4 is 11.1 Å². The SMILES string of the molecule is Cc1nn(-c2ccc(NC(=O)[C@H](O)c3cc(F)ccc3F)cc2Cl)c2c(N)ncnc12. The normalized spacial score (nSPS) is 12.2. The summed E-state index contributed by atoms with van der Waals surface area (Å²) in [5.74, 6) is -2.41. The third kappa shape index (κ3) is 3.78. The number of benzene rings is 2. The van der Waals surface area contributed by atoms with Gasteiger partial charge in [-0.15, -0.1) is 0 Å². The number of aliphatic hydroxyl groups excluding tert-OH is 1. The number of halogens is 3. The molecule has 0 radical (unpaired) electrons. The summed E-state index contributed by atoms with van der Waals surface area (Å²) in [6.07, 6.45) is -0.576. The molecule has 8 nitrogen and oxygen atoms in total. The zero-order valence-corrected chi connectivity index (χ0v) is 16.7. The Bertz CT molecular complexity index is 1330. The van der Waals surface area contributed by atoms with E-state index in [1.165, 1.54) is 23.1 Å². The molecule has 0 aliphatic carbocycles. The molecule has 2 aromatic heterocycles. The third-order valence-electron chi connectivity index (χ3n) is 4.60. The van der Waals surface area contributed by atoms with E-state index in [1.54, 1.807) is 13.0 Å². The number of nitrogens with zero attached hydrogens (tertiary/aromatic N) is 4. The van der Waals surface area contributed by atoms with Gasteiger partial charge >= 0.3 is 0 Å². The van der Waals surface area contributed by atoms with E-state index in [-0.39, 0.29) is 16.5 Å². The molecule has 31 heavy (non-hydrogen) atoms. The van der Waals surface area contributed by atoms with Crippen molar-refractivity contribution in [3.05, 3.63) is 70.6 Å². The van der Waals surface area contributed by atoms with Gasteiger partial charge < -0.3 is 16.2 Å². The number of hydrogen-bond acceptors (Lipinski definition) is 6. The number of nitrogen functional groups attached to an aromatic ring is 1. The first kappa shape index (κ1) is 20.6. The minimum atomic E-state index is -1.91. The molecule has 1 amide bonds. The molecule has 0 unspecified atom stereocenters. The van der Waals surface area contributed by atoms with E-state index >= 15 is 0 Å². The fourth-order valence-electron chi connectivity index (χ4n) is 3.12. The second-order valence-electron chi connectivity index (χ2n) is 6.68. The van der Waals surface area contributed by atoms with Gasteiger partial charge in [0.05, 0.1) is 16.4 Å². The fraction of sp³-hybridized carbons (Fsp3) is 0.100. The number of carbonyl (C=O) groups is 1. The van der Waals surface area contributed by atoms with E-state index in [2.05, 4.69) is 20.4 Å². The van der Waals surface area contributed by atoms with Gasteiger partial charge in [-0.3, -0.25) is 4.79 Å². The van der Waals surface area contributed by atoms with Crippen LogP contribution in [0.3, 0.4) is 0 Å². The van der Waals surface area contributed by atoms with Crippen LogP contribution in [0.5, 0.6) is 0 Å². The maximum absolute atomic E-state index is 13.8. The Hall–Kier alpha value is -3.63. The number of hydrogen-bond donors (Lipinski definition) is 3. The highest BCUT2D eigenvalue weighted by atomic mass is 35.5. The number of fused-ring (bicyclic) bond motifs is 1. The van der Waals surface area contributed by atoms with Crippen molar-refractivity contribution >= 4 is 40.0 Å². The summed E-state index contributed by atoms with van der Waals surface area (Å²) >= 11 is 6.39. The highest BCUT2D eigenvalue weighted by molar-refractivity contribution is 6.32. The molecule has 4 rings (SSSR count). The van der Waals surface area contributed by atoms with E-state index in [1.807, 2.05) is 0 Å². The third-order valence-corrected chi connectivity index (χ3v) is 4.90. The van der Waals surface area contributed by atoms with Crippen LogP contribution in [0, 0.1) is 18.6 Å². The standard InChI is InChI=1S/C20H15ClF2N6O2/c1-9-16-17(19(24)26-8-25-16)29(28-9)15-5-3-11(7-13(15)21)27-20(31)18(30)12-6-10(22)2-4-14(12)23/h2-8,18,30H,1H3,(H,27,31)(H2,24,25,26)/t18-/m1/s1. The minimum absolute atomic E-state index is 0.205. The number of rotatable bonds is 4. The fourth-order valence-corrected chi connectivity index (χ4v) is 3.38. The highest BCUT2D eigenvalue weighted by Gasteiger charge is 2.22. The smallest absolute Gasteiger partial charge is 0.257 e. The maximum Gasteiger partial charge on any atom is 0.257 e. The van der Waals surface area contributed by atoms with Crippen LogP contribution in [-0.4, -0.2) is 30.8 Å². The summed E-state index contributed by atoms with van der Waals surface area (Å²) < 4.78 is 28.7. The van der Waals surface area contributed by atoms with Gasteiger partial charge in [-0.1, -0.05) is 11.6 Å². The van der Waals surface area contributed by atoms with E-state index in [9.17, 15) is 18.7 Å². The molecule has 0 aliphatic rings. The molecule has 4 aromatic rings. The predicted octanol–water partition coefficient (Wildman–Crippen LogP) is 3.31. The number of amides is 1. The predicted molar refractivity (Wildman–Crippen MR) is 111 cm³/mol. The Morgan fingerprint density at radius 1 is 1.23 bits per heavy atom. The summed E-state index contributed by atoms with van der Waals surface area (Å²) in [6.45, 7) is 1.76. The first-order valence-electron chi connectivity index (χ1n) is 8.96. The Morgan fingerprint density at radius 2 is 2.00 bits per heavy atom. The van der Waals surface area contributed by atoms with Crippen molar-refractivity contribution in [3.8, 4) is 5.69 Å². The van der Waals surface area contributed by atoms with Gasteiger partial charge in [0.25, 0.3) is 5.91 Å². The van der Waals surface area contributed by atoms with E-state index in [0.29, 0.717) is 22.4 Å². The average Bonchev–Trinajstić information content (AvgIpc) is 3.07. The van der Waals surface area contributed by atoms with Gasteiger partial charge in [-0.25, -0.2) is 23.4 Å². The number of aliphatic hydroxyl groups is 1. The number of aromatic nitrogens is 4. The second-order valence-corrected chi connectivity index (χ2v) is 7.08. The number of aryl methyl sites for hydroxylation is 1. The largest absolute Gasteiger partial charge is 0.382 e. The van der Waals surface area contributed by atoms with Gasteiger partial charge in [0.15, 0.2) is 11.9 Å². The summed E-state index contributed by atoms with van der Waals surface area (Å²) in [7, 11) is 0. The molecule has 0 saturated carbocycles. The lowest BCUT2D eigenvalue weighted by Crippen LogP contribution is -2.22. The lowest BCUT2D eigenvalue weighted by Gasteiger charge is -2.14. The van der Waals surface area contributed by atoms with Crippen molar-refractivity contribution in [2.24, 2.45) is 0 Å². The monoisotopic (exact) mass is 444 g/mol. The van der Waals surface area contributed by atoms with E-state index in [0.717, 1.165) is 18.2 Å². The first-order chi connectivity index (χ1) is 14.8. The zero-order valence-electron chi connectivity index (χ0n) is 16.0. The second kappa shape index (κ2) is 7.89. The molecule has 2 aromatic carbocycles. The molecule has 4 N–H and O–H groups in total. The molecular weight excluding hydrogens is 430 g/mol. The number of carbonyl (C=O) groups excluding carboxylic acids is 1. The lowest BCUT2D eigenvalue weighted by atomic mass is 10.1. The molecule has 1 atom stereocenters. The van der Waals surface area contributed by atoms with Gasteiger partial charge in [0, 0.05) is 11.3 Å². The van der Waals surface area contributed by atoms with Crippen LogP contribution in [0.2, 0.25) is 5.02 Å². The molecule has 0 spiro atoms. The van der Waals surface area contributed by atoms with Crippen LogP contribution in [-0.2, 0) is 4.79 Å². The Kier molecular flexibility index (Phi) is 5.25. The van der Waals surface area contributed by atoms with Gasteiger partial charge in [0.2, 0.25) is 0 Å². The number of nitrogens with one attached hydrogen (secondary N) is 1. The van der Waals surface area contributed by atoms with Crippen molar-refractivity contribution < 1.29 is 18.7 Å². The molecule has 0 aliphatic heterocycles. The van der Waals surface area contributed by atoms with Crippen LogP contribution in [0.25, 0.3) is 16.7 Å². The molecular formula is C20H15ClF2N6O2. The van der Waals surface area contributed by atoms with Crippen molar-refractivity contribution in [1.82, 2.24) is 19.7 Å². The van der Waals surface area contributed by atoms with Crippen LogP contribution in [0.15, 0.2) is 42.7 Å². The summed E-state index contributed by atoms with van der Waals surface area (Å²) in [5, 5.41) is 17.1. The Balaban J connectivity index is 1.63. The van der Waals surface area contributed by atoms with Crippen molar-refractivity contribution in [2.75, 3.05) is 11.1 Å². The first-order valence-corrected chi connectivity index (χ1v) is 9.33. The molecule has 158 valence electrons. The van der Waals surface area contributed by atoms with Crippen molar-refractivity contribution in [3.63, 3.8) is 0 Å². The average molecular weight is 445 g/mol.